The van der Waals surface area contributed by atoms with E-state index in [-0.39, 0.29) is 0 Å². The third kappa shape index (κ3) is 1.51. The average molecular weight is 249 g/mol. The lowest BCUT2D eigenvalue weighted by atomic mass is 9.84. The first-order valence-electron chi connectivity index (χ1n) is 6.71. The van der Waals surface area contributed by atoms with Crippen molar-refractivity contribution in [3.8, 4) is 0 Å². The van der Waals surface area contributed by atoms with Crippen molar-refractivity contribution in [3.63, 3.8) is 0 Å². The lowest BCUT2D eigenvalue weighted by molar-refractivity contribution is 0.287. The molecule has 94 valence electrons. The molecule has 1 aromatic carbocycles. The van der Waals surface area contributed by atoms with Gasteiger partial charge < -0.3 is 4.90 Å². The standard InChI is InChI=1S/C16H15N3/c17-16-14-10-18-7-5-12(14)9-15-13-4-2-1-3-11(13)6-8-19(15)16/h1-5,7,10,15,17H,6,8-9H2/t15-/m0/s1. The third-order valence-corrected chi connectivity index (χ3v) is 4.28. The van der Waals surface area contributed by atoms with Crippen LogP contribution in [-0.2, 0) is 12.8 Å². The molecule has 0 unspecified atom stereocenters. The van der Waals surface area contributed by atoms with Gasteiger partial charge in [0, 0.05) is 24.5 Å². The second-order valence-electron chi connectivity index (χ2n) is 5.24. The maximum absolute atomic E-state index is 8.42. The molecule has 3 nitrogen and oxygen atoms in total. The Hall–Kier alpha value is -2.16. The number of pyridine rings is 1. The van der Waals surface area contributed by atoms with E-state index in [1.807, 2.05) is 12.4 Å². The summed E-state index contributed by atoms with van der Waals surface area (Å²) in [6.45, 7) is 0.939. The molecule has 1 N–H and O–H groups in total. The molecule has 0 saturated carbocycles. The van der Waals surface area contributed by atoms with E-state index >= 15 is 0 Å². The third-order valence-electron chi connectivity index (χ3n) is 4.28. The predicted octanol–water partition coefficient (Wildman–Crippen LogP) is 2.56. The minimum absolute atomic E-state index is 0.326. The van der Waals surface area contributed by atoms with Gasteiger partial charge in [-0.1, -0.05) is 24.3 Å². The Morgan fingerprint density at radius 3 is 3.00 bits per heavy atom. The van der Waals surface area contributed by atoms with Crippen LogP contribution < -0.4 is 0 Å². The van der Waals surface area contributed by atoms with Crippen LogP contribution in [0.3, 0.4) is 0 Å². The fraction of sp³-hybridized carbons (Fsp3) is 0.250. The molecule has 2 aromatic rings. The van der Waals surface area contributed by atoms with Crippen molar-refractivity contribution in [3.05, 3.63) is 65.0 Å². The number of rotatable bonds is 0. The van der Waals surface area contributed by atoms with Crippen LogP contribution in [0, 0.1) is 5.41 Å². The van der Waals surface area contributed by atoms with Gasteiger partial charge in [0.15, 0.2) is 0 Å². The van der Waals surface area contributed by atoms with E-state index in [0.717, 1.165) is 24.9 Å². The Bertz CT molecular complexity index is 663. The maximum atomic E-state index is 8.42. The molecule has 0 fully saturated rings. The van der Waals surface area contributed by atoms with Crippen LogP contribution in [0.4, 0.5) is 0 Å². The van der Waals surface area contributed by atoms with Crippen LogP contribution in [0.2, 0.25) is 0 Å². The number of fused-ring (bicyclic) bond motifs is 4. The molecule has 4 rings (SSSR count). The lowest BCUT2D eigenvalue weighted by Gasteiger charge is -2.42. The second kappa shape index (κ2) is 3.92. The molecule has 2 aliphatic rings. The van der Waals surface area contributed by atoms with Gasteiger partial charge >= 0.3 is 0 Å². The Morgan fingerprint density at radius 2 is 2.05 bits per heavy atom. The zero-order chi connectivity index (χ0) is 12.8. The van der Waals surface area contributed by atoms with Crippen LogP contribution in [0.25, 0.3) is 0 Å². The van der Waals surface area contributed by atoms with Crippen molar-refractivity contribution in [1.29, 1.82) is 5.41 Å². The van der Waals surface area contributed by atoms with Gasteiger partial charge in [-0.05, 0) is 35.6 Å². The van der Waals surface area contributed by atoms with E-state index in [2.05, 4.69) is 40.2 Å². The zero-order valence-corrected chi connectivity index (χ0v) is 10.6. The van der Waals surface area contributed by atoms with Crippen LogP contribution in [0.15, 0.2) is 42.7 Å². The van der Waals surface area contributed by atoms with Crippen LogP contribution in [0.5, 0.6) is 0 Å². The molecule has 0 aliphatic carbocycles. The molecule has 0 saturated heterocycles. The summed E-state index contributed by atoms with van der Waals surface area (Å²) < 4.78 is 0. The summed E-state index contributed by atoms with van der Waals surface area (Å²) in [5.74, 6) is 0.633. The fourth-order valence-electron chi connectivity index (χ4n) is 3.32. The van der Waals surface area contributed by atoms with Gasteiger partial charge in [-0.2, -0.15) is 0 Å². The molecular weight excluding hydrogens is 234 g/mol. The largest absolute Gasteiger partial charge is 0.349 e. The SMILES string of the molecule is N=C1c2cnccc2C[C@H]2c3ccccc3CCN12. The number of nitrogens with one attached hydrogen (secondary N) is 1. The number of benzene rings is 1. The molecule has 0 amide bonds. The molecule has 0 radical (unpaired) electrons. The summed E-state index contributed by atoms with van der Waals surface area (Å²) in [6, 6.07) is 11.0. The van der Waals surface area contributed by atoms with E-state index < -0.39 is 0 Å². The fourth-order valence-corrected chi connectivity index (χ4v) is 3.32. The van der Waals surface area contributed by atoms with Gasteiger partial charge in [0.05, 0.1) is 6.04 Å². The van der Waals surface area contributed by atoms with Crippen molar-refractivity contribution in [1.82, 2.24) is 9.88 Å². The van der Waals surface area contributed by atoms with Crippen molar-refractivity contribution >= 4 is 5.84 Å². The first-order chi connectivity index (χ1) is 9.34. The first kappa shape index (κ1) is 10.7. The monoisotopic (exact) mass is 249 g/mol. The van der Waals surface area contributed by atoms with Crippen molar-refractivity contribution in [2.24, 2.45) is 0 Å². The Morgan fingerprint density at radius 1 is 1.16 bits per heavy atom. The van der Waals surface area contributed by atoms with Gasteiger partial charge in [-0.15, -0.1) is 0 Å². The minimum Gasteiger partial charge on any atom is -0.349 e. The van der Waals surface area contributed by atoms with Gasteiger partial charge in [0.25, 0.3) is 0 Å². The molecular formula is C16H15N3. The summed E-state index contributed by atoms with van der Waals surface area (Å²) in [5, 5.41) is 8.42. The van der Waals surface area contributed by atoms with E-state index in [1.165, 1.54) is 16.7 Å². The van der Waals surface area contributed by atoms with Crippen LogP contribution >= 0.6 is 0 Å². The molecule has 3 heterocycles. The average Bonchev–Trinajstić information content (AvgIpc) is 2.47. The van der Waals surface area contributed by atoms with Crippen molar-refractivity contribution < 1.29 is 0 Å². The highest BCUT2D eigenvalue weighted by Crippen LogP contribution is 2.37. The Labute approximate surface area is 112 Å². The molecule has 1 atom stereocenters. The van der Waals surface area contributed by atoms with E-state index in [4.69, 9.17) is 5.41 Å². The Kier molecular flexibility index (Phi) is 2.21. The molecule has 19 heavy (non-hydrogen) atoms. The van der Waals surface area contributed by atoms with Crippen LogP contribution in [-0.4, -0.2) is 22.3 Å². The Balaban J connectivity index is 1.85. The molecule has 3 heteroatoms. The van der Waals surface area contributed by atoms with Gasteiger partial charge in [-0.3, -0.25) is 10.4 Å². The van der Waals surface area contributed by atoms with Gasteiger partial charge in [0.2, 0.25) is 0 Å². The van der Waals surface area contributed by atoms with Gasteiger partial charge in [0.1, 0.15) is 5.84 Å². The first-order valence-corrected chi connectivity index (χ1v) is 6.71. The summed E-state index contributed by atoms with van der Waals surface area (Å²) >= 11 is 0. The highest BCUT2D eigenvalue weighted by Gasteiger charge is 2.34. The number of hydrogen-bond donors (Lipinski definition) is 1. The van der Waals surface area contributed by atoms with Crippen LogP contribution in [0.1, 0.15) is 28.3 Å². The lowest BCUT2D eigenvalue weighted by Crippen LogP contribution is -2.44. The van der Waals surface area contributed by atoms with E-state index in [0.29, 0.717) is 11.9 Å². The number of amidine groups is 1. The summed E-state index contributed by atoms with van der Waals surface area (Å²) in [4.78, 5) is 6.39. The highest BCUT2D eigenvalue weighted by atomic mass is 15.2. The topological polar surface area (TPSA) is 40.0 Å². The smallest absolute Gasteiger partial charge is 0.130 e. The molecule has 0 spiro atoms. The maximum Gasteiger partial charge on any atom is 0.130 e. The number of hydrogen-bond acceptors (Lipinski definition) is 2. The van der Waals surface area contributed by atoms with Gasteiger partial charge in [-0.25, -0.2) is 0 Å². The van der Waals surface area contributed by atoms with Crippen molar-refractivity contribution in [2.75, 3.05) is 6.54 Å². The normalized spacial score (nSPS) is 20.5. The number of aromatic nitrogens is 1. The van der Waals surface area contributed by atoms with E-state index in [1.54, 1.807) is 0 Å². The summed E-state index contributed by atoms with van der Waals surface area (Å²) in [5.41, 5.74) is 5.08. The van der Waals surface area contributed by atoms with E-state index in [9.17, 15) is 0 Å². The highest BCUT2D eigenvalue weighted by molar-refractivity contribution is 5.99. The molecule has 2 aliphatic heterocycles. The quantitative estimate of drug-likeness (QED) is 0.779. The van der Waals surface area contributed by atoms with Crippen molar-refractivity contribution in [2.45, 2.75) is 18.9 Å². The zero-order valence-electron chi connectivity index (χ0n) is 10.6. The molecule has 0 bridgehead atoms. The summed E-state index contributed by atoms with van der Waals surface area (Å²) in [7, 11) is 0. The predicted molar refractivity (Wildman–Crippen MR) is 74.4 cm³/mol. The second-order valence-corrected chi connectivity index (χ2v) is 5.24. The number of nitrogens with zero attached hydrogens (tertiary/aromatic N) is 2. The summed E-state index contributed by atoms with van der Waals surface area (Å²) in [6.07, 6.45) is 5.67. The molecule has 1 aromatic heterocycles. The minimum atomic E-state index is 0.326.